The van der Waals surface area contributed by atoms with Crippen LogP contribution in [0, 0.1) is 6.92 Å². The minimum Gasteiger partial charge on any atom is -0.352 e. The van der Waals surface area contributed by atoms with E-state index in [9.17, 15) is 18.0 Å². The highest BCUT2D eigenvalue weighted by Crippen LogP contribution is 2.28. The average molecular weight is 430 g/mol. The van der Waals surface area contributed by atoms with Crippen LogP contribution in [0.25, 0.3) is 0 Å². The van der Waals surface area contributed by atoms with E-state index >= 15 is 0 Å². The normalized spacial score (nSPS) is 17.1. The largest absolute Gasteiger partial charge is 0.352 e. The summed E-state index contributed by atoms with van der Waals surface area (Å²) >= 11 is 0. The van der Waals surface area contributed by atoms with Crippen molar-refractivity contribution in [1.82, 2.24) is 14.5 Å². The first kappa shape index (κ1) is 22.0. The van der Waals surface area contributed by atoms with Crippen LogP contribution in [0.3, 0.4) is 0 Å². The van der Waals surface area contributed by atoms with Gasteiger partial charge in [0.05, 0.1) is 4.90 Å². The summed E-state index contributed by atoms with van der Waals surface area (Å²) in [6, 6.07) is 12.7. The summed E-state index contributed by atoms with van der Waals surface area (Å²) in [5.41, 5.74) is 2.06. The molecule has 0 saturated carbocycles. The predicted octanol–water partition coefficient (Wildman–Crippen LogP) is 2.34. The van der Waals surface area contributed by atoms with Gasteiger partial charge < -0.3 is 10.2 Å². The van der Waals surface area contributed by atoms with Crippen molar-refractivity contribution < 1.29 is 18.0 Å². The summed E-state index contributed by atoms with van der Waals surface area (Å²) < 4.78 is 26.7. The number of hydrogen-bond donors (Lipinski definition) is 1. The molecule has 0 radical (unpaired) electrons. The first-order chi connectivity index (χ1) is 14.3. The fourth-order valence-corrected chi connectivity index (χ4v) is 5.19. The maximum absolute atomic E-state index is 13.2. The van der Waals surface area contributed by atoms with Gasteiger partial charge >= 0.3 is 0 Å². The summed E-state index contributed by atoms with van der Waals surface area (Å²) in [6.45, 7) is 6.98. The molecule has 2 amide bonds. The van der Waals surface area contributed by atoms with Crippen molar-refractivity contribution >= 4 is 21.8 Å². The van der Waals surface area contributed by atoms with Crippen LogP contribution in [0.4, 0.5) is 0 Å². The second-order valence-corrected chi connectivity index (χ2v) is 9.10. The molecule has 1 fully saturated rings. The molecule has 1 saturated heterocycles. The van der Waals surface area contributed by atoms with Gasteiger partial charge in [-0.3, -0.25) is 9.59 Å². The van der Waals surface area contributed by atoms with E-state index in [-0.39, 0.29) is 16.7 Å². The van der Waals surface area contributed by atoms with E-state index in [1.807, 2.05) is 31.2 Å². The fourth-order valence-electron chi connectivity index (χ4n) is 3.74. The molecule has 0 aromatic heterocycles. The van der Waals surface area contributed by atoms with E-state index in [4.69, 9.17) is 0 Å². The van der Waals surface area contributed by atoms with E-state index in [2.05, 4.69) is 5.32 Å². The Morgan fingerprint density at radius 3 is 2.33 bits per heavy atom. The van der Waals surface area contributed by atoms with Crippen molar-refractivity contribution in [1.29, 1.82) is 0 Å². The molecule has 2 aromatic carbocycles. The van der Waals surface area contributed by atoms with Crippen molar-refractivity contribution in [3.8, 4) is 0 Å². The predicted molar refractivity (Wildman–Crippen MR) is 115 cm³/mol. The number of carbonyl (C=O) groups excluding carboxylic acids is 2. The molecule has 7 nitrogen and oxygen atoms in total. The molecule has 3 rings (SSSR count). The molecule has 0 spiro atoms. The standard InChI is InChI=1S/C22H27N3O4S/c1-4-24(5-2)30(28,29)18-12-10-17(11-13-18)22(27)25-15-14-23-21(26)20(25)19-9-7-6-8-16(19)3/h6-13,20H,4-5,14-15H2,1-3H3,(H,23,26). The summed E-state index contributed by atoms with van der Waals surface area (Å²) in [7, 11) is -3.59. The number of amides is 2. The number of piperazine rings is 1. The molecule has 8 heteroatoms. The Labute approximate surface area is 177 Å². The molecule has 1 heterocycles. The molecular formula is C22H27N3O4S. The Morgan fingerprint density at radius 1 is 1.10 bits per heavy atom. The minimum atomic E-state index is -3.59. The Kier molecular flexibility index (Phi) is 6.58. The molecule has 0 bridgehead atoms. The van der Waals surface area contributed by atoms with Crippen molar-refractivity contribution in [3.63, 3.8) is 0 Å². The van der Waals surface area contributed by atoms with Crippen molar-refractivity contribution in [2.45, 2.75) is 31.7 Å². The summed E-state index contributed by atoms with van der Waals surface area (Å²) in [4.78, 5) is 27.6. The number of benzene rings is 2. The summed E-state index contributed by atoms with van der Waals surface area (Å²) in [5.74, 6) is -0.519. The fraction of sp³-hybridized carbons (Fsp3) is 0.364. The molecule has 1 N–H and O–H groups in total. The van der Waals surface area contributed by atoms with Crippen LogP contribution < -0.4 is 5.32 Å². The lowest BCUT2D eigenvalue weighted by Gasteiger charge is -2.36. The smallest absolute Gasteiger partial charge is 0.254 e. The number of nitrogens with one attached hydrogen (secondary N) is 1. The van der Waals surface area contributed by atoms with E-state index in [1.54, 1.807) is 18.7 Å². The van der Waals surface area contributed by atoms with Crippen LogP contribution in [0.5, 0.6) is 0 Å². The van der Waals surface area contributed by atoms with Gasteiger partial charge in [0.2, 0.25) is 15.9 Å². The first-order valence-corrected chi connectivity index (χ1v) is 11.5. The number of nitrogens with zero attached hydrogens (tertiary/aromatic N) is 2. The van der Waals surface area contributed by atoms with Gasteiger partial charge in [-0.05, 0) is 42.3 Å². The zero-order valence-electron chi connectivity index (χ0n) is 17.5. The topological polar surface area (TPSA) is 86.8 Å². The molecule has 160 valence electrons. The third kappa shape index (κ3) is 4.11. The van der Waals surface area contributed by atoms with Crippen LogP contribution in [0.2, 0.25) is 0 Å². The van der Waals surface area contributed by atoms with Gasteiger partial charge in [-0.15, -0.1) is 0 Å². The van der Waals surface area contributed by atoms with Crippen molar-refractivity contribution in [2.24, 2.45) is 0 Å². The molecule has 30 heavy (non-hydrogen) atoms. The average Bonchev–Trinajstić information content (AvgIpc) is 2.74. The summed E-state index contributed by atoms with van der Waals surface area (Å²) in [5, 5.41) is 2.83. The third-order valence-electron chi connectivity index (χ3n) is 5.40. The van der Waals surface area contributed by atoms with Gasteiger partial charge in [-0.2, -0.15) is 4.31 Å². The van der Waals surface area contributed by atoms with Crippen LogP contribution >= 0.6 is 0 Å². The Hall–Kier alpha value is -2.71. The molecule has 1 aliphatic rings. The lowest BCUT2D eigenvalue weighted by Crippen LogP contribution is -2.52. The quantitative estimate of drug-likeness (QED) is 0.764. The highest BCUT2D eigenvalue weighted by Gasteiger charge is 2.35. The maximum Gasteiger partial charge on any atom is 0.254 e. The molecule has 1 aliphatic heterocycles. The highest BCUT2D eigenvalue weighted by atomic mass is 32.2. The minimum absolute atomic E-state index is 0.148. The van der Waals surface area contributed by atoms with Crippen LogP contribution in [-0.4, -0.2) is 55.6 Å². The van der Waals surface area contributed by atoms with E-state index in [0.29, 0.717) is 31.7 Å². The molecule has 0 aliphatic carbocycles. The second kappa shape index (κ2) is 8.97. The molecule has 1 unspecified atom stereocenters. The zero-order chi connectivity index (χ0) is 21.9. The lowest BCUT2D eigenvalue weighted by molar-refractivity contribution is -0.128. The monoisotopic (exact) mass is 429 g/mol. The molecule has 1 atom stereocenters. The molecular weight excluding hydrogens is 402 g/mol. The summed E-state index contributed by atoms with van der Waals surface area (Å²) in [6.07, 6.45) is 0. The number of rotatable bonds is 6. The number of sulfonamides is 1. The zero-order valence-corrected chi connectivity index (χ0v) is 18.3. The Bertz CT molecular complexity index is 1030. The van der Waals surface area contributed by atoms with Gasteiger partial charge in [-0.1, -0.05) is 38.1 Å². The van der Waals surface area contributed by atoms with E-state index in [0.717, 1.165) is 11.1 Å². The number of hydrogen-bond acceptors (Lipinski definition) is 4. The number of aryl methyl sites for hydroxylation is 1. The van der Waals surface area contributed by atoms with E-state index in [1.165, 1.54) is 28.6 Å². The third-order valence-corrected chi connectivity index (χ3v) is 7.46. The van der Waals surface area contributed by atoms with Gasteiger partial charge in [-0.25, -0.2) is 8.42 Å². The Morgan fingerprint density at radius 2 is 1.73 bits per heavy atom. The van der Waals surface area contributed by atoms with Crippen LogP contribution in [-0.2, 0) is 14.8 Å². The first-order valence-electron chi connectivity index (χ1n) is 10.1. The van der Waals surface area contributed by atoms with Crippen LogP contribution in [0.15, 0.2) is 53.4 Å². The van der Waals surface area contributed by atoms with Gasteiger partial charge in [0.15, 0.2) is 0 Å². The second-order valence-electron chi connectivity index (χ2n) is 7.16. The van der Waals surface area contributed by atoms with E-state index < -0.39 is 16.1 Å². The van der Waals surface area contributed by atoms with Crippen LogP contribution in [0.1, 0.15) is 41.4 Å². The lowest BCUT2D eigenvalue weighted by atomic mass is 9.97. The maximum atomic E-state index is 13.2. The SMILES string of the molecule is CCN(CC)S(=O)(=O)c1ccc(C(=O)N2CCNC(=O)C2c2ccccc2C)cc1. The van der Waals surface area contributed by atoms with Crippen molar-refractivity contribution in [3.05, 3.63) is 65.2 Å². The number of carbonyl (C=O) groups is 2. The van der Waals surface area contributed by atoms with Gasteiger partial charge in [0, 0.05) is 31.7 Å². The molecule has 2 aromatic rings. The van der Waals surface area contributed by atoms with Gasteiger partial charge in [0.25, 0.3) is 5.91 Å². The van der Waals surface area contributed by atoms with Gasteiger partial charge in [0.1, 0.15) is 6.04 Å². The van der Waals surface area contributed by atoms with Crippen molar-refractivity contribution in [2.75, 3.05) is 26.2 Å². The highest BCUT2D eigenvalue weighted by molar-refractivity contribution is 7.89. The Balaban J connectivity index is 1.91.